The van der Waals surface area contributed by atoms with Gasteiger partial charge in [0.1, 0.15) is 0 Å². The van der Waals surface area contributed by atoms with Crippen LogP contribution in [0.4, 0.5) is 0 Å². The number of aliphatic hydroxyl groups excluding tert-OH is 1. The first-order valence-electron chi connectivity index (χ1n) is 4.61. The standard InChI is InChI=1S/C11H16ClNO/c1-8-3-4-9(10(12)5-8)11(2,6-13)7-14/h3-5,14H,6-7,13H2,1-2H3. The van der Waals surface area contributed by atoms with E-state index in [1.807, 2.05) is 32.0 Å². The first-order valence-corrected chi connectivity index (χ1v) is 4.99. The van der Waals surface area contributed by atoms with E-state index < -0.39 is 5.41 Å². The molecule has 0 aliphatic carbocycles. The molecule has 1 unspecified atom stereocenters. The molecule has 0 radical (unpaired) electrons. The van der Waals surface area contributed by atoms with Gasteiger partial charge in [0, 0.05) is 17.0 Å². The number of aliphatic hydroxyl groups is 1. The topological polar surface area (TPSA) is 46.2 Å². The molecule has 0 saturated heterocycles. The molecule has 78 valence electrons. The highest BCUT2D eigenvalue weighted by molar-refractivity contribution is 6.31. The summed E-state index contributed by atoms with van der Waals surface area (Å²) < 4.78 is 0. The van der Waals surface area contributed by atoms with Gasteiger partial charge in [-0.1, -0.05) is 30.7 Å². The van der Waals surface area contributed by atoms with Gasteiger partial charge >= 0.3 is 0 Å². The van der Waals surface area contributed by atoms with Crippen molar-refractivity contribution in [2.24, 2.45) is 5.73 Å². The van der Waals surface area contributed by atoms with E-state index in [2.05, 4.69) is 0 Å². The lowest BCUT2D eigenvalue weighted by molar-refractivity contribution is 0.210. The maximum atomic E-state index is 9.29. The van der Waals surface area contributed by atoms with Crippen molar-refractivity contribution in [1.29, 1.82) is 0 Å². The van der Waals surface area contributed by atoms with Gasteiger partial charge in [0.25, 0.3) is 0 Å². The fraction of sp³-hybridized carbons (Fsp3) is 0.455. The van der Waals surface area contributed by atoms with E-state index in [0.29, 0.717) is 11.6 Å². The second kappa shape index (κ2) is 4.30. The van der Waals surface area contributed by atoms with Crippen molar-refractivity contribution in [2.75, 3.05) is 13.2 Å². The van der Waals surface area contributed by atoms with Gasteiger partial charge < -0.3 is 10.8 Å². The van der Waals surface area contributed by atoms with Gasteiger partial charge in [-0.3, -0.25) is 0 Å². The summed E-state index contributed by atoms with van der Waals surface area (Å²) in [6, 6.07) is 5.80. The Labute approximate surface area is 89.7 Å². The number of aryl methyl sites for hydroxylation is 1. The molecule has 1 rings (SSSR count). The minimum absolute atomic E-state index is 0.00623. The second-order valence-corrected chi connectivity index (χ2v) is 4.31. The maximum absolute atomic E-state index is 9.29. The van der Waals surface area contributed by atoms with Crippen molar-refractivity contribution in [3.05, 3.63) is 34.3 Å². The molecule has 2 nitrogen and oxygen atoms in total. The molecule has 3 N–H and O–H groups in total. The largest absolute Gasteiger partial charge is 0.395 e. The minimum Gasteiger partial charge on any atom is -0.395 e. The number of benzene rings is 1. The summed E-state index contributed by atoms with van der Waals surface area (Å²) in [5.74, 6) is 0. The third-order valence-corrected chi connectivity index (χ3v) is 2.89. The average molecular weight is 214 g/mol. The lowest BCUT2D eigenvalue weighted by Crippen LogP contribution is -2.35. The molecule has 3 heteroatoms. The highest BCUT2D eigenvalue weighted by Crippen LogP contribution is 2.29. The smallest absolute Gasteiger partial charge is 0.0537 e. The van der Waals surface area contributed by atoms with Gasteiger partial charge in [0.15, 0.2) is 0 Å². The highest BCUT2D eigenvalue weighted by Gasteiger charge is 2.26. The molecule has 0 saturated carbocycles. The molecule has 0 fully saturated rings. The number of rotatable bonds is 3. The molecule has 0 aliphatic rings. The Hall–Kier alpha value is -0.570. The van der Waals surface area contributed by atoms with Crippen molar-refractivity contribution < 1.29 is 5.11 Å². The van der Waals surface area contributed by atoms with Crippen LogP contribution < -0.4 is 5.73 Å². The third-order valence-electron chi connectivity index (χ3n) is 2.57. The van der Waals surface area contributed by atoms with Crippen LogP contribution in [0.1, 0.15) is 18.1 Å². The van der Waals surface area contributed by atoms with Crippen LogP contribution in [0.15, 0.2) is 18.2 Å². The Morgan fingerprint density at radius 2 is 2.14 bits per heavy atom. The quantitative estimate of drug-likeness (QED) is 0.805. The van der Waals surface area contributed by atoms with Gasteiger partial charge in [-0.2, -0.15) is 0 Å². The predicted octanol–water partition coefficient (Wildman–Crippen LogP) is 1.86. The lowest BCUT2D eigenvalue weighted by atomic mass is 9.83. The van der Waals surface area contributed by atoms with Crippen LogP contribution in [0.5, 0.6) is 0 Å². The Morgan fingerprint density at radius 3 is 2.57 bits per heavy atom. The van der Waals surface area contributed by atoms with Crippen LogP contribution >= 0.6 is 11.6 Å². The zero-order valence-electron chi connectivity index (χ0n) is 8.55. The number of halogens is 1. The zero-order valence-corrected chi connectivity index (χ0v) is 9.30. The van der Waals surface area contributed by atoms with Crippen molar-refractivity contribution in [3.63, 3.8) is 0 Å². The van der Waals surface area contributed by atoms with E-state index >= 15 is 0 Å². The first-order chi connectivity index (χ1) is 6.53. The Morgan fingerprint density at radius 1 is 1.50 bits per heavy atom. The van der Waals surface area contributed by atoms with E-state index in [1.165, 1.54) is 0 Å². The minimum atomic E-state index is -0.440. The molecule has 1 aromatic carbocycles. The van der Waals surface area contributed by atoms with Crippen LogP contribution in [-0.4, -0.2) is 18.3 Å². The molecular weight excluding hydrogens is 198 g/mol. The van der Waals surface area contributed by atoms with E-state index in [1.54, 1.807) is 0 Å². The SMILES string of the molecule is Cc1ccc(C(C)(CN)CO)c(Cl)c1. The van der Waals surface area contributed by atoms with Crippen molar-refractivity contribution in [3.8, 4) is 0 Å². The summed E-state index contributed by atoms with van der Waals surface area (Å²) in [5, 5.41) is 9.97. The third kappa shape index (κ3) is 2.08. The van der Waals surface area contributed by atoms with Crippen molar-refractivity contribution in [2.45, 2.75) is 19.3 Å². The molecule has 0 aromatic heterocycles. The Bertz CT molecular complexity index is 321. The summed E-state index contributed by atoms with van der Waals surface area (Å²) >= 11 is 6.10. The molecule has 0 spiro atoms. The van der Waals surface area contributed by atoms with Crippen molar-refractivity contribution in [1.82, 2.24) is 0 Å². The number of hydrogen-bond donors (Lipinski definition) is 2. The molecule has 0 amide bonds. The van der Waals surface area contributed by atoms with Crippen LogP contribution in [-0.2, 0) is 5.41 Å². The lowest BCUT2D eigenvalue weighted by Gasteiger charge is -2.27. The van der Waals surface area contributed by atoms with Gasteiger partial charge in [0.05, 0.1) is 6.61 Å². The monoisotopic (exact) mass is 213 g/mol. The zero-order chi connectivity index (χ0) is 10.8. The second-order valence-electron chi connectivity index (χ2n) is 3.91. The molecular formula is C11H16ClNO. The van der Waals surface area contributed by atoms with Crippen LogP contribution in [0, 0.1) is 6.92 Å². The molecule has 0 heterocycles. The van der Waals surface area contributed by atoms with Gasteiger partial charge in [-0.05, 0) is 24.1 Å². The van der Waals surface area contributed by atoms with Gasteiger partial charge in [-0.15, -0.1) is 0 Å². The number of nitrogens with two attached hydrogens (primary N) is 1. The van der Waals surface area contributed by atoms with Gasteiger partial charge in [-0.25, -0.2) is 0 Å². The van der Waals surface area contributed by atoms with E-state index in [-0.39, 0.29) is 6.61 Å². The summed E-state index contributed by atoms with van der Waals surface area (Å²) in [4.78, 5) is 0. The van der Waals surface area contributed by atoms with Crippen LogP contribution in [0.25, 0.3) is 0 Å². The number of hydrogen-bond acceptors (Lipinski definition) is 2. The first kappa shape index (κ1) is 11.5. The fourth-order valence-corrected chi connectivity index (χ4v) is 1.83. The molecule has 0 aliphatic heterocycles. The van der Waals surface area contributed by atoms with Gasteiger partial charge in [0.2, 0.25) is 0 Å². The Kier molecular flexibility index (Phi) is 3.53. The highest BCUT2D eigenvalue weighted by atomic mass is 35.5. The summed E-state index contributed by atoms with van der Waals surface area (Å²) in [6.07, 6.45) is 0. The maximum Gasteiger partial charge on any atom is 0.0537 e. The molecule has 1 atom stereocenters. The van der Waals surface area contributed by atoms with Crippen LogP contribution in [0.3, 0.4) is 0 Å². The van der Waals surface area contributed by atoms with E-state index in [0.717, 1.165) is 11.1 Å². The summed E-state index contributed by atoms with van der Waals surface area (Å²) in [7, 11) is 0. The fourth-order valence-electron chi connectivity index (χ4n) is 1.37. The Balaban J connectivity index is 3.17. The normalized spacial score (nSPS) is 15.2. The van der Waals surface area contributed by atoms with Crippen LogP contribution in [0.2, 0.25) is 5.02 Å². The molecule has 1 aromatic rings. The predicted molar refractivity (Wildman–Crippen MR) is 59.7 cm³/mol. The van der Waals surface area contributed by atoms with E-state index in [9.17, 15) is 5.11 Å². The summed E-state index contributed by atoms with van der Waals surface area (Å²) in [6.45, 7) is 4.27. The van der Waals surface area contributed by atoms with E-state index in [4.69, 9.17) is 17.3 Å². The molecule has 14 heavy (non-hydrogen) atoms. The van der Waals surface area contributed by atoms with Crippen molar-refractivity contribution >= 4 is 11.6 Å². The summed E-state index contributed by atoms with van der Waals surface area (Å²) in [5.41, 5.74) is 7.22. The molecule has 0 bridgehead atoms. The average Bonchev–Trinajstić information content (AvgIpc) is 2.17.